The van der Waals surface area contributed by atoms with E-state index in [1.165, 1.54) is 30.4 Å². The van der Waals surface area contributed by atoms with Crippen molar-refractivity contribution in [3.05, 3.63) is 107 Å². The summed E-state index contributed by atoms with van der Waals surface area (Å²) in [5.41, 5.74) is 5.44. The van der Waals surface area contributed by atoms with E-state index in [1.54, 1.807) is 29.1 Å². The third kappa shape index (κ3) is 5.12. The molecule has 2 aromatic heterocycles. The molecule has 1 saturated carbocycles. The molecule has 0 amide bonds. The molecule has 2 aromatic carbocycles. The van der Waals surface area contributed by atoms with Gasteiger partial charge in [-0.05, 0) is 100 Å². The first-order valence-electron chi connectivity index (χ1n) is 15.5. The van der Waals surface area contributed by atoms with Gasteiger partial charge in [-0.25, -0.2) is 9.07 Å². The normalized spacial score (nSPS) is 23.3. The highest BCUT2D eigenvalue weighted by Gasteiger charge is 2.55. The molecule has 4 aromatic rings. The van der Waals surface area contributed by atoms with Gasteiger partial charge in [-0.3, -0.25) is 9.59 Å². The highest BCUT2D eigenvalue weighted by Crippen LogP contribution is 2.60. The summed E-state index contributed by atoms with van der Waals surface area (Å²) in [5, 5.41) is 4.75. The summed E-state index contributed by atoms with van der Waals surface area (Å²) in [7, 11) is 1.49. The zero-order valence-electron chi connectivity index (χ0n) is 25.9. The number of hydrogen-bond acceptors (Lipinski definition) is 5. The summed E-state index contributed by atoms with van der Waals surface area (Å²) in [6, 6.07) is 19.2. The first-order chi connectivity index (χ1) is 21.2. The van der Waals surface area contributed by atoms with Gasteiger partial charge >= 0.3 is 5.97 Å². The van der Waals surface area contributed by atoms with Crippen LogP contribution in [-0.2, 0) is 16.0 Å². The number of fused-ring (bicyclic) bond motifs is 1. The van der Waals surface area contributed by atoms with E-state index in [1.807, 2.05) is 36.4 Å². The average molecular weight is 595 g/mol. The van der Waals surface area contributed by atoms with Crippen LogP contribution in [0.1, 0.15) is 81.1 Å². The smallest absolute Gasteiger partial charge is 0.311 e. The van der Waals surface area contributed by atoms with Crippen molar-refractivity contribution in [3.63, 3.8) is 0 Å². The van der Waals surface area contributed by atoms with Crippen LogP contribution in [0.4, 0.5) is 4.39 Å². The van der Waals surface area contributed by atoms with Crippen LogP contribution in [0.2, 0.25) is 0 Å². The molecule has 2 aliphatic carbocycles. The van der Waals surface area contributed by atoms with Crippen LogP contribution in [0.5, 0.6) is 0 Å². The Labute approximate surface area is 257 Å². The van der Waals surface area contributed by atoms with Crippen molar-refractivity contribution in [1.82, 2.24) is 9.78 Å². The number of benzene rings is 2. The molecule has 0 unspecified atom stereocenters. The number of halogens is 1. The standard InChI is InChI=1S/C37H39FN2O4/c1-24-11-18-32-36(2,20-8-21-37(32,3)35(42)43-4)29(24)17-12-26-19-22-44-34(26)33(41)31-23-30(25-9-6-5-7-10-25)39-40(31)28-15-13-27(38)14-16-28/h5-7,9-10,13-16,19,22-23,32H,8,11-12,17-18,20-21H2,1-4H3/t32-,36-,37+/m1/s1. The van der Waals surface area contributed by atoms with Crippen molar-refractivity contribution in [2.75, 3.05) is 7.11 Å². The SMILES string of the molecule is COC(=O)[C@@]1(C)CCC[C@]2(C)C(CCc3ccoc3C(=O)c3cc(-c4ccccc4)nn3-c3ccc(F)cc3)=C(C)CC[C@@H]12. The number of esters is 1. The molecular weight excluding hydrogens is 555 g/mol. The first-order valence-corrected chi connectivity index (χ1v) is 15.5. The predicted octanol–water partition coefficient (Wildman–Crippen LogP) is 8.53. The summed E-state index contributed by atoms with van der Waals surface area (Å²) in [6.07, 6.45) is 7.78. The summed E-state index contributed by atoms with van der Waals surface area (Å²) in [5.74, 6) is -0.256. The Hall–Kier alpha value is -4.26. The Kier molecular flexibility index (Phi) is 7.91. The minimum Gasteiger partial charge on any atom is -0.469 e. The Morgan fingerprint density at radius 1 is 1.05 bits per heavy atom. The highest BCUT2D eigenvalue weighted by atomic mass is 19.1. The minimum atomic E-state index is -0.500. The van der Waals surface area contributed by atoms with Gasteiger partial charge in [0.05, 0.1) is 30.2 Å². The van der Waals surface area contributed by atoms with Gasteiger partial charge in [-0.15, -0.1) is 0 Å². The van der Waals surface area contributed by atoms with Crippen molar-refractivity contribution in [1.29, 1.82) is 0 Å². The van der Waals surface area contributed by atoms with Gasteiger partial charge in [0, 0.05) is 11.1 Å². The largest absolute Gasteiger partial charge is 0.469 e. The quantitative estimate of drug-likeness (QED) is 0.116. The number of nitrogens with zero attached hydrogens (tertiary/aromatic N) is 2. The number of methoxy groups -OCH3 is 1. The minimum absolute atomic E-state index is 0.108. The molecule has 2 aliphatic rings. The number of carbonyl (C=O) groups is 2. The van der Waals surface area contributed by atoms with Crippen molar-refractivity contribution in [2.45, 2.75) is 65.7 Å². The second-order valence-corrected chi connectivity index (χ2v) is 12.8. The summed E-state index contributed by atoms with van der Waals surface area (Å²) in [6.45, 7) is 6.62. The van der Waals surface area contributed by atoms with E-state index in [-0.39, 0.29) is 34.7 Å². The van der Waals surface area contributed by atoms with E-state index in [0.717, 1.165) is 49.7 Å². The second-order valence-electron chi connectivity index (χ2n) is 12.8. The second kappa shape index (κ2) is 11.7. The van der Waals surface area contributed by atoms with Crippen molar-refractivity contribution in [2.24, 2.45) is 16.7 Å². The number of rotatable bonds is 8. The molecule has 0 radical (unpaired) electrons. The number of hydrogen-bond donors (Lipinski definition) is 0. The van der Waals surface area contributed by atoms with Crippen molar-refractivity contribution < 1.29 is 23.1 Å². The van der Waals surface area contributed by atoms with Crippen LogP contribution in [0.15, 0.2) is 88.6 Å². The van der Waals surface area contributed by atoms with Gasteiger partial charge in [-0.1, -0.05) is 54.8 Å². The van der Waals surface area contributed by atoms with Gasteiger partial charge in [0.2, 0.25) is 5.78 Å². The molecule has 1 fully saturated rings. The number of furan rings is 1. The Morgan fingerprint density at radius 2 is 1.80 bits per heavy atom. The molecule has 2 heterocycles. The van der Waals surface area contributed by atoms with Gasteiger partial charge in [0.1, 0.15) is 11.5 Å². The van der Waals surface area contributed by atoms with Crippen molar-refractivity contribution in [3.8, 4) is 16.9 Å². The van der Waals surface area contributed by atoms with Gasteiger partial charge in [0.25, 0.3) is 0 Å². The molecule has 0 bridgehead atoms. The molecule has 6 nitrogen and oxygen atoms in total. The van der Waals surface area contributed by atoms with Gasteiger partial charge in [0.15, 0.2) is 5.76 Å². The van der Waals surface area contributed by atoms with E-state index in [4.69, 9.17) is 14.3 Å². The number of ether oxygens (including phenoxy) is 1. The zero-order chi connectivity index (χ0) is 31.1. The van der Waals surface area contributed by atoms with Crippen LogP contribution in [0.3, 0.4) is 0 Å². The summed E-state index contributed by atoms with van der Waals surface area (Å²) in [4.78, 5) is 27.1. The van der Waals surface area contributed by atoms with E-state index >= 15 is 0 Å². The van der Waals surface area contributed by atoms with Crippen LogP contribution >= 0.6 is 0 Å². The van der Waals surface area contributed by atoms with E-state index in [0.29, 0.717) is 23.5 Å². The van der Waals surface area contributed by atoms with E-state index in [2.05, 4.69) is 20.8 Å². The summed E-state index contributed by atoms with van der Waals surface area (Å²) >= 11 is 0. The highest BCUT2D eigenvalue weighted by molar-refractivity contribution is 6.07. The van der Waals surface area contributed by atoms with E-state index < -0.39 is 5.41 Å². The van der Waals surface area contributed by atoms with Gasteiger partial charge in [-0.2, -0.15) is 5.10 Å². The maximum Gasteiger partial charge on any atom is 0.311 e. The zero-order valence-corrected chi connectivity index (χ0v) is 25.9. The molecule has 7 heteroatoms. The molecule has 6 rings (SSSR count). The maximum atomic E-state index is 14.1. The number of ketones is 1. The monoisotopic (exact) mass is 594 g/mol. The third-order valence-electron chi connectivity index (χ3n) is 10.3. The number of aromatic nitrogens is 2. The molecule has 0 aliphatic heterocycles. The lowest BCUT2D eigenvalue weighted by Crippen LogP contribution is -2.50. The Morgan fingerprint density at radius 3 is 2.52 bits per heavy atom. The van der Waals surface area contributed by atoms with Crippen LogP contribution in [0.25, 0.3) is 16.9 Å². The Bertz CT molecular complexity index is 1720. The molecular formula is C37H39FN2O4. The fourth-order valence-corrected chi connectivity index (χ4v) is 8.03. The lowest BCUT2D eigenvalue weighted by molar-refractivity contribution is -0.163. The first kappa shape index (κ1) is 29.8. The predicted molar refractivity (Wildman–Crippen MR) is 167 cm³/mol. The summed E-state index contributed by atoms with van der Waals surface area (Å²) < 4.78 is 26.5. The molecule has 44 heavy (non-hydrogen) atoms. The van der Waals surface area contributed by atoms with Crippen LogP contribution < -0.4 is 0 Å². The average Bonchev–Trinajstić information content (AvgIpc) is 3.69. The molecule has 0 N–H and O–H groups in total. The number of aryl methyl sites for hydroxylation is 1. The number of carbonyl (C=O) groups excluding carboxylic acids is 2. The fraction of sp³-hybridized carbons (Fsp3) is 0.378. The third-order valence-corrected chi connectivity index (χ3v) is 10.3. The molecule has 228 valence electrons. The maximum absolute atomic E-state index is 14.1. The van der Waals surface area contributed by atoms with E-state index in [9.17, 15) is 14.0 Å². The van der Waals surface area contributed by atoms with Crippen LogP contribution in [-0.4, -0.2) is 28.6 Å². The Balaban J connectivity index is 1.31. The molecule has 0 spiro atoms. The topological polar surface area (TPSA) is 74.3 Å². The van der Waals surface area contributed by atoms with Crippen molar-refractivity contribution >= 4 is 11.8 Å². The lowest BCUT2D eigenvalue weighted by Gasteiger charge is -2.54. The fourth-order valence-electron chi connectivity index (χ4n) is 8.03. The van der Waals surface area contributed by atoms with Gasteiger partial charge < -0.3 is 9.15 Å². The lowest BCUT2D eigenvalue weighted by atomic mass is 9.49. The molecule has 0 saturated heterocycles. The molecule has 3 atom stereocenters. The van der Waals surface area contributed by atoms with Crippen LogP contribution in [0, 0.1) is 22.6 Å². The number of allylic oxidation sites excluding steroid dienone is 2.